The zero-order valence-electron chi connectivity index (χ0n) is 17.8. The molecule has 0 saturated carbocycles. The van der Waals surface area contributed by atoms with Gasteiger partial charge in [0.25, 0.3) is 0 Å². The third-order valence-corrected chi connectivity index (χ3v) is 8.44. The third kappa shape index (κ3) is 4.08. The van der Waals surface area contributed by atoms with Crippen molar-refractivity contribution in [1.82, 2.24) is 0 Å². The first-order valence-corrected chi connectivity index (χ1v) is 12.1. The van der Waals surface area contributed by atoms with E-state index in [0.717, 1.165) is 24.0 Å². The van der Waals surface area contributed by atoms with Crippen LogP contribution in [-0.2, 0) is 9.84 Å². The van der Waals surface area contributed by atoms with Gasteiger partial charge in [0.2, 0.25) is 0 Å². The highest BCUT2D eigenvalue weighted by molar-refractivity contribution is 7.91. The molecular weight excluding hydrogens is 384 g/mol. The normalized spacial score (nSPS) is 25.8. The number of hydrogen-bond donors (Lipinski definition) is 1. The van der Waals surface area contributed by atoms with Crippen LogP contribution in [0.3, 0.4) is 0 Å². The molecule has 158 valence electrons. The van der Waals surface area contributed by atoms with Crippen LogP contribution < -0.4 is 4.74 Å². The molecule has 1 N–H and O–H groups in total. The second-order valence-electron chi connectivity index (χ2n) is 8.32. The Kier molecular flexibility index (Phi) is 6.39. The van der Waals surface area contributed by atoms with Gasteiger partial charge in [-0.2, -0.15) is 0 Å². The largest absolute Gasteiger partial charge is 0.497 e. The van der Waals surface area contributed by atoms with Crippen molar-refractivity contribution in [2.45, 2.75) is 63.4 Å². The molecule has 0 aliphatic carbocycles. The predicted molar refractivity (Wildman–Crippen MR) is 116 cm³/mol. The van der Waals surface area contributed by atoms with Crippen LogP contribution in [-0.4, -0.2) is 32.5 Å². The number of sulfone groups is 1. The summed E-state index contributed by atoms with van der Waals surface area (Å²) in [4.78, 5) is 0.315. The lowest BCUT2D eigenvalue weighted by atomic mass is 9.69. The maximum atomic E-state index is 13.5. The van der Waals surface area contributed by atoms with Crippen molar-refractivity contribution >= 4 is 9.84 Å². The Morgan fingerprint density at radius 2 is 1.93 bits per heavy atom. The number of rotatable bonds is 6. The number of aryl methyl sites for hydroxylation is 1. The molecule has 0 bridgehead atoms. The summed E-state index contributed by atoms with van der Waals surface area (Å²) in [6.45, 7) is 6.11. The smallest absolute Gasteiger partial charge is 0.179 e. The molecule has 0 fully saturated rings. The molecule has 4 nitrogen and oxygen atoms in total. The van der Waals surface area contributed by atoms with Crippen molar-refractivity contribution in [1.29, 1.82) is 0 Å². The Bertz CT molecular complexity index is 967. The fraction of sp³-hybridized carbons (Fsp3) is 0.500. The van der Waals surface area contributed by atoms with Crippen molar-refractivity contribution in [2.75, 3.05) is 12.9 Å². The molecule has 2 unspecified atom stereocenters. The van der Waals surface area contributed by atoms with E-state index >= 15 is 0 Å². The maximum Gasteiger partial charge on any atom is 0.179 e. The van der Waals surface area contributed by atoms with Crippen molar-refractivity contribution in [2.24, 2.45) is 5.41 Å². The highest BCUT2D eigenvalue weighted by atomic mass is 32.2. The van der Waals surface area contributed by atoms with E-state index in [0.29, 0.717) is 29.1 Å². The molecule has 3 atom stereocenters. The molecule has 1 heterocycles. The van der Waals surface area contributed by atoms with Gasteiger partial charge in [0.15, 0.2) is 9.84 Å². The number of benzene rings is 2. The van der Waals surface area contributed by atoms with Crippen molar-refractivity contribution < 1.29 is 18.3 Å². The Labute approximate surface area is 174 Å². The van der Waals surface area contributed by atoms with Gasteiger partial charge < -0.3 is 9.84 Å². The summed E-state index contributed by atoms with van der Waals surface area (Å²) in [6, 6.07) is 13.1. The van der Waals surface area contributed by atoms with Gasteiger partial charge in [-0.1, -0.05) is 56.5 Å². The minimum absolute atomic E-state index is 0.0285. The van der Waals surface area contributed by atoms with Gasteiger partial charge in [0.1, 0.15) is 5.75 Å². The number of ether oxygens (including phenoxy) is 1. The van der Waals surface area contributed by atoms with E-state index in [-0.39, 0.29) is 5.75 Å². The minimum atomic E-state index is -3.55. The average molecular weight is 417 g/mol. The lowest BCUT2D eigenvalue weighted by Crippen LogP contribution is -2.42. The highest BCUT2D eigenvalue weighted by Gasteiger charge is 2.48. The zero-order valence-corrected chi connectivity index (χ0v) is 18.6. The second-order valence-corrected chi connectivity index (χ2v) is 10.3. The van der Waals surface area contributed by atoms with Gasteiger partial charge in [-0.05, 0) is 49.1 Å². The fourth-order valence-electron chi connectivity index (χ4n) is 4.71. The summed E-state index contributed by atoms with van der Waals surface area (Å²) in [6.07, 6.45) is 2.35. The average Bonchev–Trinajstić information content (AvgIpc) is 2.77. The molecule has 0 aromatic heterocycles. The van der Waals surface area contributed by atoms with E-state index in [4.69, 9.17) is 4.74 Å². The summed E-state index contributed by atoms with van der Waals surface area (Å²) < 4.78 is 32.3. The highest BCUT2D eigenvalue weighted by Crippen LogP contribution is 2.49. The summed E-state index contributed by atoms with van der Waals surface area (Å²) >= 11 is 0. The van der Waals surface area contributed by atoms with Crippen molar-refractivity contribution in [3.05, 3.63) is 59.2 Å². The number of hydrogen-bond acceptors (Lipinski definition) is 4. The first kappa shape index (κ1) is 21.8. The summed E-state index contributed by atoms with van der Waals surface area (Å²) in [7, 11) is -1.98. The van der Waals surface area contributed by atoms with E-state index in [2.05, 4.69) is 13.0 Å². The molecule has 3 rings (SSSR count). The molecule has 0 amide bonds. The van der Waals surface area contributed by atoms with Gasteiger partial charge in [-0.3, -0.25) is 0 Å². The van der Waals surface area contributed by atoms with Crippen LogP contribution in [0.4, 0.5) is 0 Å². The van der Waals surface area contributed by atoms with Crippen LogP contribution in [0.5, 0.6) is 5.75 Å². The summed E-state index contributed by atoms with van der Waals surface area (Å²) in [5, 5.41) is 11.8. The number of fused-ring (bicyclic) bond motifs is 1. The van der Waals surface area contributed by atoms with Crippen molar-refractivity contribution in [3.8, 4) is 5.75 Å². The van der Waals surface area contributed by atoms with E-state index in [1.807, 2.05) is 32.0 Å². The molecule has 2 aromatic carbocycles. The van der Waals surface area contributed by atoms with Crippen LogP contribution in [0.25, 0.3) is 0 Å². The zero-order chi connectivity index (χ0) is 21.2. The van der Waals surface area contributed by atoms with Gasteiger partial charge in [-0.25, -0.2) is 8.42 Å². The van der Waals surface area contributed by atoms with Crippen LogP contribution in [0.2, 0.25) is 0 Å². The monoisotopic (exact) mass is 416 g/mol. The van der Waals surface area contributed by atoms with Gasteiger partial charge in [0.05, 0.1) is 23.9 Å². The Hall–Kier alpha value is -1.85. The number of methoxy groups -OCH3 is 1. The lowest BCUT2D eigenvalue weighted by molar-refractivity contribution is 0.0174. The van der Waals surface area contributed by atoms with Gasteiger partial charge in [-0.15, -0.1) is 0 Å². The van der Waals surface area contributed by atoms with Crippen LogP contribution >= 0.6 is 0 Å². The summed E-state index contributed by atoms with van der Waals surface area (Å²) in [5.41, 5.74) is 1.98. The molecule has 1 aliphatic rings. The third-order valence-electron chi connectivity index (χ3n) is 6.44. The molecule has 0 saturated heterocycles. The molecule has 1 aliphatic heterocycles. The van der Waals surface area contributed by atoms with Crippen molar-refractivity contribution in [3.63, 3.8) is 0 Å². The van der Waals surface area contributed by atoms with E-state index in [9.17, 15) is 13.5 Å². The standard InChI is InChI=1S/C24H32O4S/c1-5-7-13-24(6-2)16-29(26,27)21-12-11-19(28-4)15-20(21)22(23(24)25)18-10-8-9-17(3)14-18/h8-12,14-15,22-23,25H,5-7,13,16H2,1-4H3/t22-,23?,24?/m1/s1. The summed E-state index contributed by atoms with van der Waals surface area (Å²) in [5.74, 6) is 0.148. The molecule has 29 heavy (non-hydrogen) atoms. The SMILES string of the molecule is CCCCC1(CC)CS(=O)(=O)c2ccc(OC)cc2[C@@H](c2cccc(C)c2)C1O. The van der Waals surface area contributed by atoms with Crippen LogP contribution in [0.15, 0.2) is 47.4 Å². The number of unbranched alkanes of at least 4 members (excludes halogenated alkanes) is 1. The van der Waals surface area contributed by atoms with E-state index in [1.165, 1.54) is 0 Å². The fourth-order valence-corrected chi connectivity index (χ4v) is 6.96. The van der Waals surface area contributed by atoms with Gasteiger partial charge >= 0.3 is 0 Å². The van der Waals surface area contributed by atoms with Crippen LogP contribution in [0.1, 0.15) is 62.1 Å². The van der Waals surface area contributed by atoms with Crippen LogP contribution in [0, 0.1) is 12.3 Å². The maximum absolute atomic E-state index is 13.5. The first-order valence-electron chi connectivity index (χ1n) is 10.4. The van der Waals surface area contributed by atoms with E-state index < -0.39 is 27.3 Å². The van der Waals surface area contributed by atoms with Gasteiger partial charge in [0, 0.05) is 11.3 Å². The number of aliphatic hydroxyl groups is 1. The Morgan fingerprint density at radius 1 is 1.17 bits per heavy atom. The minimum Gasteiger partial charge on any atom is -0.497 e. The first-order chi connectivity index (χ1) is 13.8. The topological polar surface area (TPSA) is 63.6 Å². The molecule has 2 aromatic rings. The second kappa shape index (κ2) is 8.49. The van der Waals surface area contributed by atoms with E-state index in [1.54, 1.807) is 25.3 Å². The lowest BCUT2D eigenvalue weighted by Gasteiger charge is -2.39. The number of aliphatic hydroxyl groups excluding tert-OH is 1. The molecule has 0 spiro atoms. The Morgan fingerprint density at radius 3 is 2.55 bits per heavy atom. The quantitative estimate of drug-likeness (QED) is 0.730. The Balaban J connectivity index is 2.31. The molecular formula is C24H32O4S. The molecule has 0 radical (unpaired) electrons. The predicted octanol–water partition coefficient (Wildman–Crippen LogP) is 4.87. The molecule has 5 heteroatoms.